The number of carbonyl (C=O) groups is 1. The molecule has 31 heavy (non-hydrogen) atoms. The van der Waals surface area contributed by atoms with Gasteiger partial charge < -0.3 is 19.7 Å². The topological polar surface area (TPSA) is 54.0 Å². The number of rotatable bonds is 9. The van der Waals surface area contributed by atoms with Crippen LogP contribution in [-0.4, -0.2) is 49.7 Å². The predicted octanol–water partition coefficient (Wildman–Crippen LogP) is 4.59. The van der Waals surface area contributed by atoms with E-state index in [0.717, 1.165) is 61.6 Å². The molecule has 168 valence electrons. The highest BCUT2D eigenvalue weighted by molar-refractivity contribution is 5.75. The van der Waals surface area contributed by atoms with Crippen LogP contribution in [0, 0.1) is 0 Å². The summed E-state index contributed by atoms with van der Waals surface area (Å²) in [6.07, 6.45) is 1.88. The number of hydrogen-bond acceptors (Lipinski definition) is 4. The minimum absolute atomic E-state index is 0.0176. The number of carbonyl (C=O) groups excluding carboxylic acids is 1. The number of likely N-dealkylation sites (tertiary alicyclic amines) is 1. The average molecular weight is 426 g/mol. The molecule has 1 fully saturated rings. The maximum atomic E-state index is 13.1. The van der Waals surface area contributed by atoms with Gasteiger partial charge in [0, 0.05) is 25.2 Å². The number of nitrogens with one attached hydrogen (secondary N) is 1. The van der Waals surface area contributed by atoms with Crippen LogP contribution in [0.1, 0.15) is 49.4 Å². The standard InChI is InChI=1S/C25H35N3O3/c1-5-27(6-2)18-20-11-8-7-10-19(20)17-26-25(29)28-15-9-12-23(28)22-16-21(30-3)13-14-24(22)31-4/h7-8,10-11,13-14,16,23H,5-6,9,12,15,17-18H2,1-4H3,(H,26,29). The number of ether oxygens (including phenoxy) is 2. The van der Waals surface area contributed by atoms with Crippen molar-refractivity contribution in [1.82, 2.24) is 15.1 Å². The average Bonchev–Trinajstić information content (AvgIpc) is 3.31. The second-order valence-corrected chi connectivity index (χ2v) is 7.85. The van der Waals surface area contributed by atoms with Crippen LogP contribution in [0.5, 0.6) is 11.5 Å². The van der Waals surface area contributed by atoms with Crippen molar-refractivity contribution in [3.63, 3.8) is 0 Å². The molecule has 1 N–H and O–H groups in total. The Kier molecular flexibility index (Phi) is 8.18. The molecule has 6 heteroatoms. The zero-order valence-corrected chi connectivity index (χ0v) is 19.2. The zero-order chi connectivity index (χ0) is 22.2. The summed E-state index contributed by atoms with van der Waals surface area (Å²) in [6, 6.07) is 14.1. The van der Waals surface area contributed by atoms with E-state index in [1.807, 2.05) is 29.2 Å². The first-order valence-corrected chi connectivity index (χ1v) is 11.2. The van der Waals surface area contributed by atoms with Crippen molar-refractivity contribution in [3.05, 3.63) is 59.2 Å². The highest BCUT2D eigenvalue weighted by Crippen LogP contribution is 2.38. The third-order valence-electron chi connectivity index (χ3n) is 6.15. The van der Waals surface area contributed by atoms with E-state index in [-0.39, 0.29) is 12.1 Å². The predicted molar refractivity (Wildman–Crippen MR) is 124 cm³/mol. The lowest BCUT2D eigenvalue weighted by Crippen LogP contribution is -2.39. The lowest BCUT2D eigenvalue weighted by atomic mass is 10.0. The van der Waals surface area contributed by atoms with Gasteiger partial charge in [-0.1, -0.05) is 38.1 Å². The Bertz CT molecular complexity index is 867. The van der Waals surface area contributed by atoms with Crippen molar-refractivity contribution in [2.45, 2.75) is 45.8 Å². The number of hydrogen-bond donors (Lipinski definition) is 1. The van der Waals surface area contributed by atoms with Gasteiger partial charge in [0.05, 0.1) is 20.3 Å². The van der Waals surface area contributed by atoms with Crippen LogP contribution >= 0.6 is 0 Å². The van der Waals surface area contributed by atoms with Crippen molar-refractivity contribution < 1.29 is 14.3 Å². The lowest BCUT2D eigenvalue weighted by Gasteiger charge is -2.27. The summed E-state index contributed by atoms with van der Waals surface area (Å²) in [7, 11) is 3.32. The number of urea groups is 1. The Morgan fingerprint density at radius 3 is 2.52 bits per heavy atom. The monoisotopic (exact) mass is 425 g/mol. The molecule has 2 amide bonds. The summed E-state index contributed by atoms with van der Waals surface area (Å²) < 4.78 is 11.0. The van der Waals surface area contributed by atoms with Crippen LogP contribution in [0.3, 0.4) is 0 Å². The number of amides is 2. The number of methoxy groups -OCH3 is 2. The van der Waals surface area contributed by atoms with Crippen molar-refractivity contribution in [2.24, 2.45) is 0 Å². The van der Waals surface area contributed by atoms with Gasteiger partial charge in [0.25, 0.3) is 0 Å². The van der Waals surface area contributed by atoms with Crippen LogP contribution < -0.4 is 14.8 Å². The minimum Gasteiger partial charge on any atom is -0.497 e. The molecule has 6 nitrogen and oxygen atoms in total. The van der Waals surface area contributed by atoms with E-state index in [9.17, 15) is 4.79 Å². The molecule has 0 saturated carbocycles. The molecular formula is C25H35N3O3. The lowest BCUT2D eigenvalue weighted by molar-refractivity contribution is 0.191. The number of nitrogens with zero attached hydrogens (tertiary/aromatic N) is 2. The molecule has 1 saturated heterocycles. The molecule has 1 unspecified atom stereocenters. The van der Waals surface area contributed by atoms with Gasteiger partial charge in [-0.25, -0.2) is 4.79 Å². The molecule has 0 radical (unpaired) electrons. The normalized spacial score (nSPS) is 15.9. The van der Waals surface area contributed by atoms with E-state index in [2.05, 4.69) is 42.3 Å². The molecule has 0 aliphatic carbocycles. The van der Waals surface area contributed by atoms with Crippen LogP contribution in [0.15, 0.2) is 42.5 Å². The molecule has 0 aromatic heterocycles. The molecule has 1 atom stereocenters. The molecule has 3 rings (SSSR count). The Morgan fingerprint density at radius 1 is 1.10 bits per heavy atom. The van der Waals surface area contributed by atoms with Crippen molar-refractivity contribution in [3.8, 4) is 11.5 Å². The third-order valence-corrected chi connectivity index (χ3v) is 6.15. The van der Waals surface area contributed by atoms with E-state index >= 15 is 0 Å². The van der Waals surface area contributed by atoms with Gasteiger partial charge in [0.2, 0.25) is 0 Å². The summed E-state index contributed by atoms with van der Waals surface area (Å²) in [5.74, 6) is 1.56. The van der Waals surface area contributed by atoms with Gasteiger partial charge >= 0.3 is 6.03 Å². The Hall–Kier alpha value is -2.73. The first-order valence-electron chi connectivity index (χ1n) is 11.2. The van der Waals surface area contributed by atoms with Crippen molar-refractivity contribution >= 4 is 6.03 Å². The highest BCUT2D eigenvalue weighted by atomic mass is 16.5. The molecular weight excluding hydrogens is 390 g/mol. The first kappa shape index (κ1) is 22.9. The van der Waals surface area contributed by atoms with Gasteiger partial charge in [0.1, 0.15) is 11.5 Å². The molecule has 1 aliphatic rings. The molecule has 0 bridgehead atoms. The van der Waals surface area contributed by atoms with E-state index in [4.69, 9.17) is 9.47 Å². The van der Waals surface area contributed by atoms with E-state index in [1.54, 1.807) is 14.2 Å². The van der Waals surface area contributed by atoms with Crippen molar-refractivity contribution in [1.29, 1.82) is 0 Å². The van der Waals surface area contributed by atoms with Gasteiger partial charge in [-0.3, -0.25) is 4.90 Å². The number of benzene rings is 2. The summed E-state index contributed by atoms with van der Waals surface area (Å²) >= 11 is 0. The zero-order valence-electron chi connectivity index (χ0n) is 19.2. The summed E-state index contributed by atoms with van der Waals surface area (Å²) in [5.41, 5.74) is 3.42. The molecule has 0 spiro atoms. The molecule has 1 heterocycles. The smallest absolute Gasteiger partial charge is 0.318 e. The van der Waals surface area contributed by atoms with E-state index in [1.165, 1.54) is 5.56 Å². The summed E-state index contributed by atoms with van der Waals surface area (Å²) in [5, 5.41) is 3.15. The van der Waals surface area contributed by atoms with E-state index in [0.29, 0.717) is 6.54 Å². The third kappa shape index (κ3) is 5.50. The van der Waals surface area contributed by atoms with Gasteiger partial charge in [-0.2, -0.15) is 0 Å². The summed E-state index contributed by atoms with van der Waals surface area (Å²) in [4.78, 5) is 17.4. The van der Waals surface area contributed by atoms with Gasteiger partial charge in [0.15, 0.2) is 0 Å². The first-order chi connectivity index (χ1) is 15.1. The quantitative estimate of drug-likeness (QED) is 0.638. The highest BCUT2D eigenvalue weighted by Gasteiger charge is 2.32. The molecule has 2 aromatic rings. The fraction of sp³-hybridized carbons (Fsp3) is 0.480. The largest absolute Gasteiger partial charge is 0.497 e. The van der Waals surface area contributed by atoms with Crippen LogP contribution in [0.25, 0.3) is 0 Å². The van der Waals surface area contributed by atoms with Gasteiger partial charge in [-0.05, 0) is 55.3 Å². The molecule has 1 aliphatic heterocycles. The van der Waals surface area contributed by atoms with E-state index < -0.39 is 0 Å². The Balaban J connectivity index is 1.72. The fourth-order valence-corrected chi connectivity index (χ4v) is 4.28. The second-order valence-electron chi connectivity index (χ2n) is 7.85. The SMILES string of the molecule is CCN(CC)Cc1ccccc1CNC(=O)N1CCCC1c1cc(OC)ccc1OC. The fourth-order valence-electron chi connectivity index (χ4n) is 4.28. The van der Waals surface area contributed by atoms with Crippen LogP contribution in [0.4, 0.5) is 4.79 Å². The second kappa shape index (κ2) is 11.0. The maximum absolute atomic E-state index is 13.1. The minimum atomic E-state index is -0.0370. The summed E-state index contributed by atoms with van der Waals surface area (Å²) in [6.45, 7) is 8.52. The maximum Gasteiger partial charge on any atom is 0.318 e. The molecule has 2 aromatic carbocycles. The Labute approximate surface area is 186 Å². The van der Waals surface area contributed by atoms with Crippen LogP contribution in [-0.2, 0) is 13.1 Å². The van der Waals surface area contributed by atoms with Crippen molar-refractivity contribution in [2.75, 3.05) is 33.9 Å². The van der Waals surface area contributed by atoms with Crippen LogP contribution in [0.2, 0.25) is 0 Å². The Morgan fingerprint density at radius 2 is 1.84 bits per heavy atom. The van der Waals surface area contributed by atoms with Gasteiger partial charge in [-0.15, -0.1) is 0 Å².